The third-order valence-corrected chi connectivity index (χ3v) is 4.06. The van der Waals surface area contributed by atoms with Crippen molar-refractivity contribution >= 4 is 18.0 Å². The Morgan fingerprint density at radius 3 is 2.25 bits per heavy atom. The van der Waals surface area contributed by atoms with Gasteiger partial charge in [0.2, 0.25) is 0 Å². The van der Waals surface area contributed by atoms with E-state index >= 15 is 0 Å². The van der Waals surface area contributed by atoms with Crippen LogP contribution in [0.3, 0.4) is 0 Å². The fraction of sp³-hybridized carbons (Fsp3) is 0.471. The van der Waals surface area contributed by atoms with Crippen molar-refractivity contribution < 1.29 is 23.9 Å². The number of hydrogen-bond acceptors (Lipinski definition) is 5. The molecule has 130 valence electrons. The summed E-state index contributed by atoms with van der Waals surface area (Å²) >= 11 is 0. The van der Waals surface area contributed by atoms with Gasteiger partial charge < -0.3 is 19.7 Å². The molecule has 1 aromatic rings. The van der Waals surface area contributed by atoms with Crippen LogP contribution in [0.1, 0.15) is 28.8 Å². The summed E-state index contributed by atoms with van der Waals surface area (Å²) in [5.41, 5.74) is 1.34. The summed E-state index contributed by atoms with van der Waals surface area (Å²) in [5.74, 6) is -0.472. The summed E-state index contributed by atoms with van der Waals surface area (Å²) in [5, 5.41) is 2.97. The number of benzene rings is 1. The molecule has 0 atom stereocenters. The van der Waals surface area contributed by atoms with Gasteiger partial charge in [0.25, 0.3) is 5.91 Å². The first-order chi connectivity index (χ1) is 11.5. The van der Waals surface area contributed by atoms with Crippen molar-refractivity contribution in [3.63, 3.8) is 0 Å². The van der Waals surface area contributed by atoms with Crippen molar-refractivity contribution in [1.82, 2.24) is 10.2 Å². The molecule has 0 aliphatic carbocycles. The zero-order valence-corrected chi connectivity index (χ0v) is 13.9. The molecule has 1 fully saturated rings. The normalized spacial score (nSPS) is 14.8. The molecular formula is C17H22N2O5. The Morgan fingerprint density at radius 1 is 1.08 bits per heavy atom. The Hall–Kier alpha value is -2.57. The van der Waals surface area contributed by atoms with E-state index in [0.717, 1.165) is 5.56 Å². The van der Waals surface area contributed by atoms with Gasteiger partial charge in [-0.05, 0) is 30.5 Å². The molecule has 0 saturated carbocycles. The lowest BCUT2D eigenvalue weighted by atomic mass is 10.0. The Labute approximate surface area is 140 Å². The largest absolute Gasteiger partial charge is 0.469 e. The second kappa shape index (κ2) is 8.33. The number of carbonyl (C=O) groups is 3. The highest BCUT2D eigenvalue weighted by molar-refractivity contribution is 5.94. The first kappa shape index (κ1) is 17.8. The average Bonchev–Trinajstić information content (AvgIpc) is 2.62. The van der Waals surface area contributed by atoms with Crippen LogP contribution in [0.2, 0.25) is 0 Å². The van der Waals surface area contributed by atoms with Gasteiger partial charge in [0, 0.05) is 24.7 Å². The summed E-state index contributed by atoms with van der Waals surface area (Å²) in [4.78, 5) is 36.5. The Morgan fingerprint density at radius 2 is 1.71 bits per heavy atom. The summed E-state index contributed by atoms with van der Waals surface area (Å²) in [6.45, 7) is 1.13. The quantitative estimate of drug-likeness (QED) is 0.841. The molecule has 0 spiro atoms. The topological polar surface area (TPSA) is 84.9 Å². The van der Waals surface area contributed by atoms with E-state index in [0.29, 0.717) is 31.5 Å². The minimum absolute atomic E-state index is 0.0353. The molecule has 1 heterocycles. The molecule has 0 aromatic heterocycles. The van der Waals surface area contributed by atoms with Gasteiger partial charge in [-0.25, -0.2) is 4.79 Å². The van der Waals surface area contributed by atoms with Gasteiger partial charge in [-0.3, -0.25) is 9.59 Å². The summed E-state index contributed by atoms with van der Waals surface area (Å²) < 4.78 is 9.30. The van der Waals surface area contributed by atoms with Crippen molar-refractivity contribution in [2.24, 2.45) is 0 Å². The number of ether oxygens (including phenoxy) is 2. The summed E-state index contributed by atoms with van der Waals surface area (Å²) in [6, 6.07) is 6.90. The molecule has 0 radical (unpaired) electrons. The predicted octanol–water partition coefficient (Wildman–Crippen LogP) is 1.36. The molecule has 1 N–H and O–H groups in total. The van der Waals surface area contributed by atoms with Crippen molar-refractivity contribution in [2.45, 2.75) is 25.3 Å². The number of nitrogens with zero attached hydrogens (tertiary/aromatic N) is 1. The fourth-order valence-electron chi connectivity index (χ4n) is 2.62. The molecule has 1 saturated heterocycles. The van der Waals surface area contributed by atoms with Crippen LogP contribution in [0, 0.1) is 0 Å². The molecular weight excluding hydrogens is 312 g/mol. The van der Waals surface area contributed by atoms with Gasteiger partial charge in [0.15, 0.2) is 0 Å². The zero-order chi connectivity index (χ0) is 17.5. The molecule has 7 nitrogen and oxygen atoms in total. The molecule has 7 heteroatoms. The van der Waals surface area contributed by atoms with Gasteiger partial charge in [0.05, 0.1) is 20.6 Å². The minimum Gasteiger partial charge on any atom is -0.469 e. The third kappa shape index (κ3) is 4.71. The number of hydrogen-bond donors (Lipinski definition) is 1. The molecule has 1 aliphatic rings. The Bertz CT molecular complexity index is 592. The van der Waals surface area contributed by atoms with Crippen molar-refractivity contribution in [3.05, 3.63) is 35.4 Å². The smallest absolute Gasteiger partial charge is 0.409 e. The van der Waals surface area contributed by atoms with E-state index in [1.54, 1.807) is 29.2 Å². The molecule has 0 bridgehead atoms. The van der Waals surface area contributed by atoms with Crippen LogP contribution in [0.25, 0.3) is 0 Å². The monoisotopic (exact) mass is 334 g/mol. The lowest BCUT2D eigenvalue weighted by Gasteiger charge is -2.31. The maximum absolute atomic E-state index is 12.3. The van der Waals surface area contributed by atoms with Crippen molar-refractivity contribution in [1.29, 1.82) is 0 Å². The van der Waals surface area contributed by atoms with Crippen LogP contribution < -0.4 is 5.32 Å². The molecule has 0 unspecified atom stereocenters. The van der Waals surface area contributed by atoms with Crippen LogP contribution in [-0.4, -0.2) is 56.2 Å². The first-order valence-corrected chi connectivity index (χ1v) is 7.83. The number of rotatable bonds is 4. The van der Waals surface area contributed by atoms with E-state index in [2.05, 4.69) is 14.8 Å². The van der Waals surface area contributed by atoms with Gasteiger partial charge in [0.1, 0.15) is 0 Å². The average molecular weight is 334 g/mol. The predicted molar refractivity (Wildman–Crippen MR) is 86.6 cm³/mol. The highest BCUT2D eigenvalue weighted by atomic mass is 16.5. The molecule has 2 rings (SSSR count). The van der Waals surface area contributed by atoms with E-state index in [4.69, 9.17) is 0 Å². The van der Waals surface area contributed by atoms with E-state index in [-0.39, 0.29) is 30.4 Å². The number of piperidine rings is 1. The van der Waals surface area contributed by atoms with Crippen LogP contribution in [0.4, 0.5) is 4.79 Å². The van der Waals surface area contributed by atoms with Gasteiger partial charge >= 0.3 is 12.1 Å². The number of esters is 1. The molecule has 1 aliphatic heterocycles. The summed E-state index contributed by atoms with van der Waals surface area (Å²) in [7, 11) is 2.70. The molecule has 24 heavy (non-hydrogen) atoms. The SMILES string of the molecule is COC(=O)Cc1ccc(C(=O)NC2CCN(C(=O)OC)CC2)cc1. The highest BCUT2D eigenvalue weighted by Gasteiger charge is 2.24. The van der Waals surface area contributed by atoms with Crippen LogP contribution in [0.15, 0.2) is 24.3 Å². The fourth-order valence-corrected chi connectivity index (χ4v) is 2.62. The van der Waals surface area contributed by atoms with E-state index in [9.17, 15) is 14.4 Å². The third-order valence-electron chi connectivity index (χ3n) is 4.06. The Balaban J connectivity index is 1.85. The zero-order valence-electron chi connectivity index (χ0n) is 13.9. The Kier molecular flexibility index (Phi) is 6.17. The van der Waals surface area contributed by atoms with Crippen molar-refractivity contribution in [2.75, 3.05) is 27.3 Å². The summed E-state index contributed by atoms with van der Waals surface area (Å²) in [6.07, 6.45) is 1.24. The lowest BCUT2D eigenvalue weighted by molar-refractivity contribution is -0.139. The van der Waals surface area contributed by atoms with E-state index in [1.807, 2.05) is 0 Å². The number of carbonyl (C=O) groups excluding carboxylic acids is 3. The standard InChI is InChI=1S/C17H22N2O5/c1-23-15(20)11-12-3-5-13(6-4-12)16(21)18-14-7-9-19(10-8-14)17(22)24-2/h3-6,14H,7-11H2,1-2H3,(H,18,21). The number of likely N-dealkylation sites (tertiary alicyclic amines) is 1. The van der Waals surface area contributed by atoms with E-state index in [1.165, 1.54) is 14.2 Å². The van der Waals surface area contributed by atoms with Crippen molar-refractivity contribution in [3.8, 4) is 0 Å². The minimum atomic E-state index is -0.332. The van der Waals surface area contributed by atoms with Gasteiger partial charge in [-0.1, -0.05) is 12.1 Å². The van der Waals surface area contributed by atoms with Gasteiger partial charge in [-0.15, -0.1) is 0 Å². The number of amides is 2. The second-order valence-corrected chi connectivity index (χ2v) is 5.65. The number of methoxy groups -OCH3 is 2. The molecule has 1 aromatic carbocycles. The first-order valence-electron chi connectivity index (χ1n) is 7.83. The lowest BCUT2D eigenvalue weighted by Crippen LogP contribution is -2.46. The van der Waals surface area contributed by atoms with E-state index < -0.39 is 0 Å². The maximum atomic E-state index is 12.3. The maximum Gasteiger partial charge on any atom is 0.409 e. The van der Waals surface area contributed by atoms with Gasteiger partial charge in [-0.2, -0.15) is 0 Å². The highest BCUT2D eigenvalue weighted by Crippen LogP contribution is 2.13. The van der Waals surface area contributed by atoms with Crippen LogP contribution in [-0.2, 0) is 20.7 Å². The van der Waals surface area contributed by atoms with Crippen LogP contribution >= 0.6 is 0 Å². The number of nitrogens with one attached hydrogen (secondary N) is 1. The van der Waals surface area contributed by atoms with Crippen LogP contribution in [0.5, 0.6) is 0 Å². The molecule has 2 amide bonds. The second-order valence-electron chi connectivity index (χ2n) is 5.65.